The highest BCUT2D eigenvalue weighted by Gasteiger charge is 2.56. The molecule has 0 aliphatic heterocycles. The summed E-state index contributed by atoms with van der Waals surface area (Å²) in [6.45, 7) is 3.34. The van der Waals surface area contributed by atoms with Crippen LogP contribution in [0.25, 0.3) is 0 Å². The molecule has 0 aliphatic rings. The Labute approximate surface area is 67.8 Å². The molecule has 0 fully saturated rings. The highest BCUT2D eigenvalue weighted by atomic mass is 19.4. The van der Waals surface area contributed by atoms with Gasteiger partial charge < -0.3 is 0 Å². The molecule has 0 atom stereocenters. The molecule has 0 unspecified atom stereocenters. The van der Waals surface area contributed by atoms with Gasteiger partial charge in [0.1, 0.15) is 0 Å². The first kappa shape index (κ1) is 11.6. The van der Waals surface area contributed by atoms with Gasteiger partial charge in [0.15, 0.2) is 0 Å². The topological polar surface area (TPSA) is 0 Å². The molecule has 0 aromatic carbocycles. The molecule has 73 valence electrons. The van der Waals surface area contributed by atoms with Gasteiger partial charge in [-0.05, 0) is 6.42 Å². The van der Waals surface area contributed by atoms with E-state index in [0.29, 0.717) is 12.8 Å². The van der Waals surface area contributed by atoms with Gasteiger partial charge in [0, 0.05) is 6.42 Å². The van der Waals surface area contributed by atoms with E-state index < -0.39 is 18.5 Å². The van der Waals surface area contributed by atoms with Crippen molar-refractivity contribution in [2.24, 2.45) is 0 Å². The van der Waals surface area contributed by atoms with Crippen molar-refractivity contribution in [1.29, 1.82) is 0 Å². The third-order valence-corrected chi connectivity index (χ3v) is 1.41. The lowest BCUT2D eigenvalue weighted by Gasteiger charge is -2.18. The fraction of sp³-hybridized carbons (Fsp3) is 0.857. The van der Waals surface area contributed by atoms with Gasteiger partial charge in [-0.25, -0.2) is 0 Å². The van der Waals surface area contributed by atoms with Crippen LogP contribution in [0.3, 0.4) is 0 Å². The molecule has 1 radical (unpaired) electrons. The quantitative estimate of drug-likeness (QED) is 0.468. The zero-order chi connectivity index (χ0) is 9.83. The molecule has 0 aromatic rings. The Morgan fingerprint density at radius 3 is 1.75 bits per heavy atom. The molecule has 0 aliphatic carbocycles. The van der Waals surface area contributed by atoms with Gasteiger partial charge in [0.05, 0.1) is 0 Å². The van der Waals surface area contributed by atoms with Crippen molar-refractivity contribution in [2.45, 2.75) is 37.8 Å². The first-order valence-electron chi connectivity index (χ1n) is 3.55. The fourth-order valence-corrected chi connectivity index (χ4v) is 0.666. The van der Waals surface area contributed by atoms with Crippen LogP contribution in [0.4, 0.5) is 22.0 Å². The molecular formula is C7H10F5. The number of halogens is 5. The van der Waals surface area contributed by atoms with Gasteiger partial charge in [-0.15, -0.1) is 0 Å². The summed E-state index contributed by atoms with van der Waals surface area (Å²) in [4.78, 5) is 0. The molecule has 0 bridgehead atoms. The minimum absolute atomic E-state index is 0.143. The van der Waals surface area contributed by atoms with E-state index in [1.54, 1.807) is 0 Å². The van der Waals surface area contributed by atoms with Gasteiger partial charge >= 0.3 is 12.1 Å². The molecule has 0 saturated carbocycles. The van der Waals surface area contributed by atoms with Gasteiger partial charge in [-0.3, -0.25) is 0 Å². The maximum absolute atomic E-state index is 12.1. The van der Waals surface area contributed by atoms with Crippen molar-refractivity contribution in [2.75, 3.05) is 0 Å². The van der Waals surface area contributed by atoms with Crippen molar-refractivity contribution >= 4 is 0 Å². The summed E-state index contributed by atoms with van der Waals surface area (Å²) >= 11 is 0. The van der Waals surface area contributed by atoms with Crippen LogP contribution in [0.1, 0.15) is 25.7 Å². The highest BCUT2D eigenvalue weighted by molar-refractivity contribution is 4.75. The number of hydrogen-bond acceptors (Lipinski definition) is 0. The Morgan fingerprint density at radius 2 is 1.42 bits per heavy atom. The molecule has 0 rings (SSSR count). The predicted molar refractivity (Wildman–Crippen MR) is 34.8 cm³/mol. The zero-order valence-electron chi connectivity index (χ0n) is 6.43. The number of alkyl halides is 5. The molecule has 0 nitrogen and oxygen atoms in total. The Hall–Kier alpha value is -0.350. The van der Waals surface area contributed by atoms with Crippen LogP contribution >= 0.6 is 0 Å². The van der Waals surface area contributed by atoms with E-state index >= 15 is 0 Å². The summed E-state index contributed by atoms with van der Waals surface area (Å²) in [5.41, 5.74) is 0. The first-order valence-corrected chi connectivity index (χ1v) is 3.55. The number of unbranched alkanes of at least 4 members (excludes halogenated alkanes) is 2. The molecule has 0 heterocycles. The van der Waals surface area contributed by atoms with Crippen LogP contribution in [-0.2, 0) is 0 Å². The average molecular weight is 189 g/mol. The molecule has 5 heteroatoms. The summed E-state index contributed by atoms with van der Waals surface area (Å²) < 4.78 is 58.7. The van der Waals surface area contributed by atoms with E-state index in [4.69, 9.17) is 0 Å². The summed E-state index contributed by atoms with van der Waals surface area (Å²) in [5, 5.41) is 0. The third kappa shape index (κ3) is 3.36. The Bertz CT molecular complexity index is 126. The Balaban J connectivity index is 3.88. The fourth-order valence-electron chi connectivity index (χ4n) is 0.666. The molecule has 0 spiro atoms. The van der Waals surface area contributed by atoms with Crippen LogP contribution in [0.2, 0.25) is 0 Å². The summed E-state index contributed by atoms with van der Waals surface area (Å²) in [5.74, 6) is -4.54. The van der Waals surface area contributed by atoms with E-state index in [0.717, 1.165) is 0 Å². The van der Waals surface area contributed by atoms with Crippen LogP contribution in [0.15, 0.2) is 0 Å². The maximum Gasteiger partial charge on any atom is 0.453 e. The van der Waals surface area contributed by atoms with E-state index in [9.17, 15) is 22.0 Å². The van der Waals surface area contributed by atoms with Crippen LogP contribution < -0.4 is 0 Å². The van der Waals surface area contributed by atoms with Gasteiger partial charge in [-0.1, -0.05) is 19.8 Å². The monoisotopic (exact) mass is 189 g/mol. The second-order valence-electron chi connectivity index (χ2n) is 2.51. The normalized spacial score (nSPS) is 13.5. The Kier molecular flexibility index (Phi) is 3.93. The van der Waals surface area contributed by atoms with Crippen molar-refractivity contribution < 1.29 is 22.0 Å². The minimum Gasteiger partial charge on any atom is -0.196 e. The molecule has 0 saturated heterocycles. The third-order valence-electron chi connectivity index (χ3n) is 1.41. The smallest absolute Gasteiger partial charge is 0.196 e. The van der Waals surface area contributed by atoms with Crippen LogP contribution in [-0.4, -0.2) is 12.1 Å². The molecule has 12 heavy (non-hydrogen) atoms. The summed E-state index contributed by atoms with van der Waals surface area (Å²) in [6, 6.07) is 0. The summed E-state index contributed by atoms with van der Waals surface area (Å²) in [7, 11) is 0. The summed E-state index contributed by atoms with van der Waals surface area (Å²) in [6.07, 6.45) is -6.00. The number of hydrogen-bond donors (Lipinski definition) is 0. The molecule has 0 aromatic heterocycles. The predicted octanol–water partition coefficient (Wildman–Crippen LogP) is 3.58. The van der Waals surface area contributed by atoms with Crippen molar-refractivity contribution in [1.82, 2.24) is 0 Å². The largest absolute Gasteiger partial charge is 0.453 e. The van der Waals surface area contributed by atoms with E-state index in [2.05, 4.69) is 6.92 Å². The lowest BCUT2D eigenvalue weighted by molar-refractivity contribution is -0.284. The van der Waals surface area contributed by atoms with Gasteiger partial charge in [0.2, 0.25) is 0 Å². The standard InChI is InChI=1S/C7H10F5/c1-2-3-4-5-6(8,9)7(10,11)12/h1-5H2. The van der Waals surface area contributed by atoms with E-state index in [1.807, 2.05) is 0 Å². The van der Waals surface area contributed by atoms with Crippen molar-refractivity contribution in [3.8, 4) is 0 Å². The SMILES string of the molecule is [CH2]CCCCC(F)(F)C(F)(F)F. The molecule has 0 amide bonds. The van der Waals surface area contributed by atoms with Crippen molar-refractivity contribution in [3.63, 3.8) is 0 Å². The average Bonchev–Trinajstić information content (AvgIpc) is 1.85. The van der Waals surface area contributed by atoms with Crippen LogP contribution in [0, 0.1) is 6.92 Å². The second-order valence-corrected chi connectivity index (χ2v) is 2.51. The molecule has 0 N–H and O–H groups in total. The lowest BCUT2D eigenvalue weighted by Crippen LogP contribution is -2.36. The zero-order valence-corrected chi connectivity index (χ0v) is 6.43. The van der Waals surface area contributed by atoms with Gasteiger partial charge in [-0.2, -0.15) is 22.0 Å². The number of rotatable bonds is 4. The second kappa shape index (κ2) is 4.05. The highest BCUT2D eigenvalue weighted by Crippen LogP contribution is 2.39. The molecular weight excluding hydrogens is 179 g/mol. The first-order chi connectivity index (χ1) is 5.31. The Morgan fingerprint density at radius 1 is 0.917 bits per heavy atom. The van der Waals surface area contributed by atoms with Crippen molar-refractivity contribution in [3.05, 3.63) is 6.92 Å². The van der Waals surface area contributed by atoms with E-state index in [1.165, 1.54) is 0 Å². The maximum atomic E-state index is 12.1. The van der Waals surface area contributed by atoms with E-state index in [-0.39, 0.29) is 6.42 Å². The minimum atomic E-state index is -5.41. The van der Waals surface area contributed by atoms with Gasteiger partial charge in [0.25, 0.3) is 0 Å². The van der Waals surface area contributed by atoms with Crippen LogP contribution in [0.5, 0.6) is 0 Å². The lowest BCUT2D eigenvalue weighted by atomic mass is 10.1.